The summed E-state index contributed by atoms with van der Waals surface area (Å²) in [7, 11) is -4.07. The van der Waals surface area contributed by atoms with Crippen molar-refractivity contribution in [1.82, 2.24) is 0 Å². The van der Waals surface area contributed by atoms with Crippen LogP contribution in [0.5, 0.6) is 0 Å². The first kappa shape index (κ1) is 13.1. The number of hydrogen-bond donors (Lipinski definition) is 1. The summed E-state index contributed by atoms with van der Waals surface area (Å²) in [4.78, 5) is 0. The van der Waals surface area contributed by atoms with Crippen LogP contribution in [-0.2, 0) is 10.1 Å². The van der Waals surface area contributed by atoms with E-state index in [1.165, 1.54) is 0 Å². The highest BCUT2D eigenvalue weighted by atomic mass is 32.2. The molecular formula is C14H16O3S. The third-order valence-corrected chi connectivity index (χ3v) is 4.29. The van der Waals surface area contributed by atoms with Crippen molar-refractivity contribution < 1.29 is 13.0 Å². The van der Waals surface area contributed by atoms with Crippen LogP contribution < -0.4 is 0 Å². The van der Waals surface area contributed by atoms with Gasteiger partial charge in [0.2, 0.25) is 0 Å². The summed E-state index contributed by atoms with van der Waals surface area (Å²) < 4.78 is 32.4. The van der Waals surface area contributed by atoms with Gasteiger partial charge in [-0.25, -0.2) is 0 Å². The monoisotopic (exact) mass is 264 g/mol. The maximum absolute atomic E-state index is 11.5. The van der Waals surface area contributed by atoms with E-state index in [2.05, 4.69) is 0 Å². The second-order valence-electron chi connectivity index (χ2n) is 4.36. The highest BCUT2D eigenvalue weighted by Gasteiger charge is 2.25. The van der Waals surface area contributed by atoms with Crippen LogP contribution in [0.25, 0.3) is 10.8 Å². The number of benzene rings is 2. The molecule has 1 unspecified atom stereocenters. The van der Waals surface area contributed by atoms with Gasteiger partial charge >= 0.3 is 0 Å². The lowest BCUT2D eigenvalue weighted by molar-refractivity contribution is 0.463. The van der Waals surface area contributed by atoms with Gasteiger partial charge in [-0.05, 0) is 22.8 Å². The van der Waals surface area contributed by atoms with Gasteiger partial charge in [-0.15, -0.1) is 0 Å². The van der Waals surface area contributed by atoms with Crippen LogP contribution in [0.4, 0.5) is 0 Å². The summed E-state index contributed by atoms with van der Waals surface area (Å²) in [6.07, 6.45) is 1.13. The molecule has 2 aromatic rings. The lowest BCUT2D eigenvalue weighted by Gasteiger charge is -2.15. The summed E-state index contributed by atoms with van der Waals surface area (Å²) in [5.74, 6) is 0. The molecule has 0 bridgehead atoms. The van der Waals surface area contributed by atoms with Crippen LogP contribution in [0, 0.1) is 0 Å². The van der Waals surface area contributed by atoms with Crippen molar-refractivity contribution >= 4 is 20.9 Å². The molecule has 3 nitrogen and oxygen atoms in total. The molecule has 0 radical (unpaired) electrons. The zero-order chi connectivity index (χ0) is 13.2. The Labute approximate surface area is 107 Å². The van der Waals surface area contributed by atoms with E-state index in [1.54, 1.807) is 6.07 Å². The van der Waals surface area contributed by atoms with E-state index < -0.39 is 15.4 Å². The summed E-state index contributed by atoms with van der Waals surface area (Å²) >= 11 is 0. The van der Waals surface area contributed by atoms with Crippen molar-refractivity contribution in [3.8, 4) is 0 Å². The van der Waals surface area contributed by atoms with Crippen molar-refractivity contribution in [3.63, 3.8) is 0 Å². The molecule has 96 valence electrons. The summed E-state index contributed by atoms with van der Waals surface area (Å²) in [6.45, 7) is 1.91. The Bertz CT molecular complexity index is 642. The second kappa shape index (κ2) is 5.08. The molecule has 0 spiro atoms. The van der Waals surface area contributed by atoms with Crippen LogP contribution in [0.3, 0.4) is 0 Å². The third kappa shape index (κ3) is 2.54. The van der Waals surface area contributed by atoms with Crippen LogP contribution in [0.15, 0.2) is 42.5 Å². The molecule has 0 aliphatic carbocycles. The van der Waals surface area contributed by atoms with E-state index in [0.717, 1.165) is 10.8 Å². The zero-order valence-electron chi connectivity index (χ0n) is 10.2. The smallest absolute Gasteiger partial charge is 0.272 e. The van der Waals surface area contributed by atoms with E-state index in [-0.39, 0.29) is 0 Å². The van der Waals surface area contributed by atoms with Gasteiger partial charge in [0.1, 0.15) is 5.25 Å². The average Bonchev–Trinajstić information content (AvgIpc) is 2.34. The molecule has 18 heavy (non-hydrogen) atoms. The van der Waals surface area contributed by atoms with Crippen LogP contribution in [0.1, 0.15) is 30.6 Å². The maximum atomic E-state index is 11.5. The van der Waals surface area contributed by atoms with Crippen LogP contribution >= 0.6 is 0 Å². The first-order valence-corrected chi connectivity index (χ1v) is 7.48. The SMILES string of the molecule is CCCC(c1cccc2ccccc12)S(=O)(=O)O. The molecule has 0 fully saturated rings. The predicted octanol–water partition coefficient (Wildman–Crippen LogP) is 3.57. The Kier molecular flexibility index (Phi) is 3.68. The number of hydrogen-bond acceptors (Lipinski definition) is 2. The quantitative estimate of drug-likeness (QED) is 0.859. The molecule has 0 heterocycles. The van der Waals surface area contributed by atoms with E-state index in [1.807, 2.05) is 43.3 Å². The number of fused-ring (bicyclic) bond motifs is 1. The summed E-state index contributed by atoms with van der Waals surface area (Å²) in [5, 5.41) is 1.03. The Morgan fingerprint density at radius 2 is 1.78 bits per heavy atom. The van der Waals surface area contributed by atoms with Crippen LogP contribution in [0.2, 0.25) is 0 Å². The van der Waals surface area contributed by atoms with E-state index in [0.29, 0.717) is 18.4 Å². The molecule has 0 amide bonds. The molecule has 1 atom stereocenters. The molecule has 0 aliphatic heterocycles. The Morgan fingerprint density at radius 1 is 1.11 bits per heavy atom. The highest BCUT2D eigenvalue weighted by molar-refractivity contribution is 7.86. The molecule has 2 aromatic carbocycles. The van der Waals surface area contributed by atoms with Crippen molar-refractivity contribution in [1.29, 1.82) is 0 Å². The first-order chi connectivity index (χ1) is 8.54. The zero-order valence-corrected chi connectivity index (χ0v) is 11.0. The normalized spacial score (nSPS) is 13.7. The van der Waals surface area contributed by atoms with Gasteiger partial charge < -0.3 is 0 Å². The minimum Gasteiger partial charge on any atom is -0.285 e. The van der Waals surface area contributed by atoms with Crippen molar-refractivity contribution in [3.05, 3.63) is 48.0 Å². The first-order valence-electron chi connectivity index (χ1n) is 5.98. The van der Waals surface area contributed by atoms with Gasteiger partial charge in [-0.2, -0.15) is 8.42 Å². The fraction of sp³-hybridized carbons (Fsp3) is 0.286. The third-order valence-electron chi connectivity index (χ3n) is 3.08. The minimum absolute atomic E-state index is 0.423. The van der Waals surface area contributed by atoms with Gasteiger partial charge in [-0.1, -0.05) is 55.8 Å². The Hall–Kier alpha value is -1.39. The summed E-state index contributed by atoms with van der Waals surface area (Å²) in [5.41, 5.74) is 0.678. The lowest BCUT2D eigenvalue weighted by atomic mass is 10.00. The van der Waals surface area contributed by atoms with Gasteiger partial charge in [0.15, 0.2) is 0 Å². The molecule has 2 rings (SSSR count). The lowest BCUT2D eigenvalue weighted by Crippen LogP contribution is -2.12. The predicted molar refractivity (Wildman–Crippen MR) is 73.1 cm³/mol. The van der Waals surface area contributed by atoms with E-state index in [9.17, 15) is 13.0 Å². The fourth-order valence-electron chi connectivity index (χ4n) is 2.26. The molecule has 0 aliphatic rings. The average molecular weight is 264 g/mol. The van der Waals surface area contributed by atoms with E-state index >= 15 is 0 Å². The van der Waals surface area contributed by atoms with Crippen molar-refractivity contribution in [2.24, 2.45) is 0 Å². The van der Waals surface area contributed by atoms with Gasteiger partial charge in [0.25, 0.3) is 10.1 Å². The van der Waals surface area contributed by atoms with Crippen LogP contribution in [-0.4, -0.2) is 13.0 Å². The maximum Gasteiger partial charge on any atom is 0.272 e. The molecule has 0 saturated carbocycles. The standard InChI is InChI=1S/C14H16O3S/c1-2-6-14(18(15,16)17)13-10-5-8-11-7-3-4-9-12(11)13/h3-5,7-10,14H,2,6H2,1H3,(H,15,16,17). The highest BCUT2D eigenvalue weighted by Crippen LogP contribution is 2.32. The van der Waals surface area contributed by atoms with Crippen molar-refractivity contribution in [2.45, 2.75) is 25.0 Å². The summed E-state index contributed by atoms with van der Waals surface area (Å²) in [6, 6.07) is 13.1. The largest absolute Gasteiger partial charge is 0.285 e. The molecule has 1 N–H and O–H groups in total. The minimum atomic E-state index is -4.07. The number of rotatable bonds is 4. The molecule has 0 aromatic heterocycles. The second-order valence-corrected chi connectivity index (χ2v) is 5.96. The van der Waals surface area contributed by atoms with Gasteiger partial charge in [0, 0.05) is 0 Å². The Balaban J connectivity index is 2.65. The topological polar surface area (TPSA) is 54.4 Å². The fourth-order valence-corrected chi connectivity index (χ4v) is 3.32. The Morgan fingerprint density at radius 3 is 2.44 bits per heavy atom. The van der Waals surface area contributed by atoms with Gasteiger partial charge in [-0.3, -0.25) is 4.55 Å². The molecule has 4 heteroatoms. The molecular weight excluding hydrogens is 248 g/mol. The van der Waals surface area contributed by atoms with Gasteiger partial charge in [0.05, 0.1) is 0 Å². The van der Waals surface area contributed by atoms with E-state index in [4.69, 9.17) is 0 Å². The molecule has 0 saturated heterocycles. The van der Waals surface area contributed by atoms with Crippen molar-refractivity contribution in [2.75, 3.05) is 0 Å².